The lowest BCUT2D eigenvalue weighted by atomic mass is 9.73. The van der Waals surface area contributed by atoms with E-state index in [1.54, 1.807) is 19.4 Å². The number of aliphatic hydroxyl groups is 1. The minimum Gasteiger partial charge on any atom is -0.496 e. The molecule has 0 aliphatic carbocycles. The van der Waals surface area contributed by atoms with Crippen LogP contribution in [-0.4, -0.2) is 50.3 Å². The number of pyridine rings is 1. The number of carbonyl (C=O) groups is 1. The summed E-state index contributed by atoms with van der Waals surface area (Å²) in [7, 11) is 1.56. The molecule has 0 aromatic carbocycles. The second kappa shape index (κ2) is 6.42. The highest BCUT2D eigenvalue weighted by Gasteiger charge is 2.47. The van der Waals surface area contributed by atoms with E-state index < -0.39 is 11.7 Å². The van der Waals surface area contributed by atoms with Gasteiger partial charge in [0.15, 0.2) is 0 Å². The third kappa shape index (κ3) is 3.16. The van der Waals surface area contributed by atoms with Crippen molar-refractivity contribution in [3.8, 4) is 5.75 Å². The van der Waals surface area contributed by atoms with Gasteiger partial charge in [0.2, 0.25) is 0 Å². The van der Waals surface area contributed by atoms with Crippen LogP contribution < -0.4 is 4.74 Å². The summed E-state index contributed by atoms with van der Waals surface area (Å²) in [5.74, 6) is 0.550. The standard InChI is InChI=1S/C18H24BrN3O4/c1-17(2,3)13-8-18(25,5-6-21(13)16(23)24)11-10-22-14(19)9-20-15(22)7-12(11)26-4/h7,9-10,13,25H,5-6,8H2,1-4H3,(H,23,24). The van der Waals surface area contributed by atoms with Crippen LogP contribution in [0.4, 0.5) is 4.79 Å². The number of carboxylic acid groups (broad SMARTS) is 1. The molecule has 142 valence electrons. The van der Waals surface area contributed by atoms with E-state index >= 15 is 0 Å². The average Bonchev–Trinajstić information content (AvgIpc) is 2.93. The number of halogens is 1. The van der Waals surface area contributed by atoms with Crippen LogP contribution in [0.2, 0.25) is 0 Å². The highest BCUT2D eigenvalue weighted by Crippen LogP contribution is 2.44. The molecule has 7 nitrogen and oxygen atoms in total. The largest absolute Gasteiger partial charge is 0.496 e. The zero-order chi connectivity index (χ0) is 19.3. The number of imidazole rings is 1. The molecule has 0 saturated carbocycles. The predicted octanol–water partition coefficient (Wildman–Crippen LogP) is 3.48. The molecular weight excluding hydrogens is 402 g/mol. The number of methoxy groups -OCH3 is 1. The van der Waals surface area contributed by atoms with Crippen molar-refractivity contribution in [1.29, 1.82) is 0 Å². The van der Waals surface area contributed by atoms with Crippen LogP contribution in [0.25, 0.3) is 5.65 Å². The van der Waals surface area contributed by atoms with Crippen LogP contribution in [0.5, 0.6) is 5.75 Å². The molecule has 0 bridgehead atoms. The first kappa shape index (κ1) is 19.0. The number of aromatic nitrogens is 2. The number of ether oxygens (including phenoxy) is 1. The van der Waals surface area contributed by atoms with Crippen LogP contribution >= 0.6 is 15.9 Å². The zero-order valence-corrected chi connectivity index (χ0v) is 16.9. The fourth-order valence-electron chi connectivity index (χ4n) is 3.73. The number of amides is 1. The third-order valence-corrected chi connectivity index (χ3v) is 5.79. The first-order valence-electron chi connectivity index (χ1n) is 8.50. The average molecular weight is 426 g/mol. The molecule has 0 spiro atoms. The summed E-state index contributed by atoms with van der Waals surface area (Å²) in [5, 5.41) is 21.1. The maximum atomic E-state index is 11.7. The van der Waals surface area contributed by atoms with E-state index in [-0.39, 0.29) is 18.0 Å². The van der Waals surface area contributed by atoms with E-state index in [9.17, 15) is 15.0 Å². The fourth-order valence-corrected chi connectivity index (χ4v) is 4.12. The van der Waals surface area contributed by atoms with Gasteiger partial charge in [-0.25, -0.2) is 9.78 Å². The molecule has 3 heterocycles. The SMILES string of the molecule is COc1cc2ncc(Br)n2cc1C1(O)CCN(C(=O)O)C(C(C)(C)C)C1. The Morgan fingerprint density at radius 3 is 2.73 bits per heavy atom. The third-order valence-electron chi connectivity index (χ3n) is 5.20. The van der Waals surface area contributed by atoms with Gasteiger partial charge in [0.25, 0.3) is 0 Å². The van der Waals surface area contributed by atoms with Gasteiger partial charge >= 0.3 is 6.09 Å². The number of piperidine rings is 1. The first-order chi connectivity index (χ1) is 12.1. The number of hydrogen-bond acceptors (Lipinski definition) is 4. The second-order valence-corrected chi connectivity index (χ2v) is 8.72. The number of hydrogen-bond donors (Lipinski definition) is 2. The second-order valence-electron chi connectivity index (χ2n) is 7.91. The molecule has 1 saturated heterocycles. The molecule has 2 N–H and O–H groups in total. The van der Waals surface area contributed by atoms with Gasteiger partial charge in [-0.3, -0.25) is 4.40 Å². The van der Waals surface area contributed by atoms with Crippen molar-refractivity contribution in [3.63, 3.8) is 0 Å². The van der Waals surface area contributed by atoms with Gasteiger partial charge in [-0.15, -0.1) is 0 Å². The van der Waals surface area contributed by atoms with Crippen LogP contribution in [0.1, 0.15) is 39.2 Å². The lowest BCUT2D eigenvalue weighted by Gasteiger charge is -2.48. The van der Waals surface area contributed by atoms with Gasteiger partial charge in [-0.1, -0.05) is 20.8 Å². The van der Waals surface area contributed by atoms with E-state index in [4.69, 9.17) is 4.74 Å². The van der Waals surface area contributed by atoms with Crippen molar-refractivity contribution in [3.05, 3.63) is 28.6 Å². The van der Waals surface area contributed by atoms with Crippen LogP contribution in [0.3, 0.4) is 0 Å². The van der Waals surface area contributed by atoms with Crippen LogP contribution in [-0.2, 0) is 5.60 Å². The van der Waals surface area contributed by atoms with Gasteiger partial charge in [0.05, 0.1) is 18.9 Å². The molecule has 8 heteroatoms. The minimum absolute atomic E-state index is 0.264. The predicted molar refractivity (Wildman–Crippen MR) is 101 cm³/mol. The van der Waals surface area contributed by atoms with Crippen LogP contribution in [0.15, 0.2) is 23.1 Å². The molecular formula is C18H24BrN3O4. The Balaban J connectivity index is 2.09. The zero-order valence-electron chi connectivity index (χ0n) is 15.4. The molecule has 2 unspecified atom stereocenters. The topological polar surface area (TPSA) is 87.3 Å². The minimum atomic E-state index is -1.19. The summed E-state index contributed by atoms with van der Waals surface area (Å²) < 4.78 is 8.13. The molecule has 2 atom stereocenters. The Kier molecular flexibility index (Phi) is 4.69. The van der Waals surface area contributed by atoms with Crippen molar-refractivity contribution in [1.82, 2.24) is 14.3 Å². The van der Waals surface area contributed by atoms with E-state index in [1.807, 2.05) is 31.4 Å². The van der Waals surface area contributed by atoms with Crippen molar-refractivity contribution < 1.29 is 19.7 Å². The Hall–Kier alpha value is -1.80. The van der Waals surface area contributed by atoms with Crippen molar-refractivity contribution >= 4 is 27.7 Å². The van der Waals surface area contributed by atoms with Gasteiger partial charge in [0.1, 0.15) is 16.0 Å². The van der Waals surface area contributed by atoms with Gasteiger partial charge in [-0.2, -0.15) is 0 Å². The van der Waals surface area contributed by atoms with Gasteiger partial charge in [0, 0.05) is 36.8 Å². The quantitative estimate of drug-likeness (QED) is 0.768. The van der Waals surface area contributed by atoms with Gasteiger partial charge in [-0.05, 0) is 27.8 Å². The molecule has 3 rings (SSSR count). The molecule has 1 aliphatic heterocycles. The van der Waals surface area contributed by atoms with Crippen molar-refractivity contribution in [2.24, 2.45) is 5.41 Å². The molecule has 26 heavy (non-hydrogen) atoms. The maximum Gasteiger partial charge on any atom is 0.407 e. The highest BCUT2D eigenvalue weighted by atomic mass is 79.9. The molecule has 2 aromatic rings. The van der Waals surface area contributed by atoms with E-state index in [0.29, 0.717) is 29.8 Å². The molecule has 2 aromatic heterocycles. The number of rotatable bonds is 2. The van der Waals surface area contributed by atoms with E-state index in [1.165, 1.54) is 4.90 Å². The summed E-state index contributed by atoms with van der Waals surface area (Å²) in [6.07, 6.45) is 3.17. The summed E-state index contributed by atoms with van der Waals surface area (Å²) in [6.45, 7) is 6.24. The molecule has 1 aliphatic rings. The fraction of sp³-hybridized carbons (Fsp3) is 0.556. The number of nitrogens with zero attached hydrogens (tertiary/aromatic N) is 3. The normalized spacial score (nSPS) is 24.1. The summed E-state index contributed by atoms with van der Waals surface area (Å²) in [6, 6.07) is 1.47. The van der Waals surface area contributed by atoms with E-state index in [0.717, 1.165) is 4.60 Å². The molecule has 1 fully saturated rings. The van der Waals surface area contributed by atoms with Crippen molar-refractivity contribution in [2.75, 3.05) is 13.7 Å². The Labute approximate surface area is 160 Å². The lowest BCUT2D eigenvalue weighted by molar-refractivity contribution is -0.0698. The number of fused-ring (bicyclic) bond motifs is 1. The summed E-state index contributed by atoms with van der Waals surface area (Å²) >= 11 is 3.45. The molecule has 0 radical (unpaired) electrons. The smallest absolute Gasteiger partial charge is 0.407 e. The summed E-state index contributed by atoms with van der Waals surface area (Å²) in [4.78, 5) is 17.4. The molecule has 1 amide bonds. The van der Waals surface area contributed by atoms with Gasteiger partial charge < -0.3 is 19.8 Å². The number of likely N-dealkylation sites (tertiary alicyclic amines) is 1. The van der Waals surface area contributed by atoms with Crippen molar-refractivity contribution in [2.45, 2.75) is 45.3 Å². The Morgan fingerprint density at radius 2 is 2.15 bits per heavy atom. The Bertz CT molecular complexity index is 845. The first-order valence-corrected chi connectivity index (χ1v) is 9.29. The highest BCUT2D eigenvalue weighted by molar-refractivity contribution is 9.10. The van der Waals surface area contributed by atoms with Crippen LogP contribution in [0, 0.1) is 5.41 Å². The maximum absolute atomic E-state index is 11.7. The van der Waals surface area contributed by atoms with E-state index in [2.05, 4.69) is 20.9 Å². The lowest BCUT2D eigenvalue weighted by Crippen LogP contribution is -2.55. The monoisotopic (exact) mass is 425 g/mol. The summed E-state index contributed by atoms with van der Waals surface area (Å²) in [5.41, 5.74) is -0.144. The Morgan fingerprint density at radius 1 is 1.46 bits per heavy atom.